The zero-order valence-corrected chi connectivity index (χ0v) is 16.0. The van der Waals surface area contributed by atoms with Gasteiger partial charge in [-0.2, -0.15) is 23.3 Å². The predicted octanol–water partition coefficient (Wildman–Crippen LogP) is 2.24. The summed E-state index contributed by atoms with van der Waals surface area (Å²) in [6, 6.07) is 0.487. The molecule has 2 aliphatic heterocycles. The third-order valence-electron chi connectivity index (χ3n) is 4.87. The van der Waals surface area contributed by atoms with Gasteiger partial charge in [-0.15, -0.1) is 0 Å². The van der Waals surface area contributed by atoms with Crippen molar-refractivity contribution in [3.05, 3.63) is 29.7 Å². The topological polar surface area (TPSA) is 107 Å². The molecule has 12 heteroatoms. The molecule has 4 rings (SSSR count). The third-order valence-corrected chi connectivity index (χ3v) is 4.87. The Morgan fingerprint density at radius 3 is 2.62 bits per heavy atom. The molecule has 0 unspecified atom stereocenters. The van der Waals surface area contributed by atoms with E-state index in [1.807, 2.05) is 24.9 Å². The Labute approximate surface area is 164 Å². The molecule has 3 atom stereocenters. The van der Waals surface area contributed by atoms with Crippen LogP contribution in [0.5, 0.6) is 0 Å². The first-order valence-corrected chi connectivity index (χ1v) is 9.11. The molecule has 0 radical (unpaired) electrons. The number of fused-ring (bicyclic) bond motifs is 1. The van der Waals surface area contributed by atoms with Crippen molar-refractivity contribution in [2.75, 3.05) is 6.54 Å². The van der Waals surface area contributed by atoms with Crippen molar-refractivity contribution in [2.45, 2.75) is 57.2 Å². The highest BCUT2D eigenvalue weighted by Crippen LogP contribution is 2.38. The van der Waals surface area contributed by atoms with Crippen LogP contribution in [0.25, 0.3) is 0 Å². The number of carboxylic acids is 1. The third kappa shape index (κ3) is 5.32. The Hall–Kier alpha value is -2.47. The van der Waals surface area contributed by atoms with Crippen LogP contribution in [0.4, 0.5) is 13.2 Å². The molecule has 2 aromatic rings. The second-order valence-corrected chi connectivity index (χ2v) is 7.07. The van der Waals surface area contributed by atoms with Gasteiger partial charge >= 0.3 is 12.1 Å². The first-order chi connectivity index (χ1) is 13.6. The Morgan fingerprint density at radius 2 is 2.07 bits per heavy atom. The number of carboxylic acid groups (broad SMARTS) is 1. The molecule has 0 aromatic carbocycles. The lowest BCUT2D eigenvalue weighted by atomic mass is 9.99. The molecule has 0 saturated carbocycles. The van der Waals surface area contributed by atoms with Crippen LogP contribution >= 0.6 is 0 Å². The maximum atomic E-state index is 10.6. The number of carbonyl (C=O) groups is 1. The molecule has 2 fully saturated rings. The zero-order chi connectivity index (χ0) is 21.2. The molecule has 29 heavy (non-hydrogen) atoms. The maximum absolute atomic E-state index is 10.6. The van der Waals surface area contributed by atoms with Gasteiger partial charge < -0.3 is 14.4 Å². The van der Waals surface area contributed by atoms with E-state index in [1.165, 1.54) is 5.56 Å². The van der Waals surface area contributed by atoms with Crippen LogP contribution in [0.15, 0.2) is 16.9 Å². The number of likely N-dealkylation sites (tertiary alicyclic amines) is 1. The van der Waals surface area contributed by atoms with Crippen molar-refractivity contribution >= 4 is 5.97 Å². The van der Waals surface area contributed by atoms with Gasteiger partial charge in [-0.1, -0.05) is 5.16 Å². The molecule has 2 saturated heterocycles. The Balaban J connectivity index is 0.000000298. The number of hydrogen-bond acceptors (Lipinski definition) is 7. The molecule has 2 aliphatic rings. The van der Waals surface area contributed by atoms with Crippen LogP contribution in [0.3, 0.4) is 0 Å². The number of aromatic nitrogens is 4. The van der Waals surface area contributed by atoms with Gasteiger partial charge in [0.15, 0.2) is 5.82 Å². The standard InChI is InChI=1S/C15H21N5O2.C2HF3O2/c1-10-17-15(22-18-10)14-4-3-12-13(21-14)5-6-20(12)9-11-7-16-19(2)8-11;3-2(4,5)1(6)7/h7-8,12-14H,3-6,9H2,1-2H3;(H,6,7)/t12-,13-,14+;/m1./s1. The van der Waals surface area contributed by atoms with E-state index in [2.05, 4.69) is 26.3 Å². The van der Waals surface area contributed by atoms with E-state index in [9.17, 15) is 13.2 Å². The molecule has 0 amide bonds. The van der Waals surface area contributed by atoms with Crippen LogP contribution in [0.1, 0.15) is 42.6 Å². The van der Waals surface area contributed by atoms with E-state index in [0.29, 0.717) is 17.8 Å². The summed E-state index contributed by atoms with van der Waals surface area (Å²) >= 11 is 0. The van der Waals surface area contributed by atoms with Gasteiger partial charge in [-0.3, -0.25) is 9.58 Å². The first kappa shape index (κ1) is 21.2. The summed E-state index contributed by atoms with van der Waals surface area (Å²) in [4.78, 5) is 15.7. The predicted molar refractivity (Wildman–Crippen MR) is 91.6 cm³/mol. The Morgan fingerprint density at radius 1 is 1.34 bits per heavy atom. The van der Waals surface area contributed by atoms with Crippen molar-refractivity contribution in [1.29, 1.82) is 0 Å². The van der Waals surface area contributed by atoms with Gasteiger partial charge in [-0.05, 0) is 26.2 Å². The van der Waals surface area contributed by atoms with Gasteiger partial charge in [0.05, 0.1) is 12.3 Å². The second-order valence-electron chi connectivity index (χ2n) is 7.07. The molecule has 0 aliphatic carbocycles. The highest BCUT2D eigenvalue weighted by atomic mass is 19.4. The number of nitrogens with zero attached hydrogens (tertiary/aromatic N) is 5. The summed E-state index contributed by atoms with van der Waals surface area (Å²) in [7, 11) is 1.96. The molecule has 160 valence electrons. The second kappa shape index (κ2) is 8.49. The molecule has 0 spiro atoms. The van der Waals surface area contributed by atoms with Crippen molar-refractivity contribution in [1.82, 2.24) is 24.8 Å². The number of rotatable bonds is 3. The fourth-order valence-corrected chi connectivity index (χ4v) is 3.62. The largest absolute Gasteiger partial charge is 0.490 e. The van der Waals surface area contributed by atoms with Crippen molar-refractivity contribution in [3.8, 4) is 0 Å². The normalized spacial score (nSPS) is 24.7. The summed E-state index contributed by atoms with van der Waals surface area (Å²) < 4.78 is 45.1. The quantitative estimate of drug-likeness (QED) is 0.811. The van der Waals surface area contributed by atoms with E-state index in [1.54, 1.807) is 0 Å². The highest BCUT2D eigenvalue weighted by Gasteiger charge is 2.41. The summed E-state index contributed by atoms with van der Waals surface area (Å²) in [5, 5.41) is 15.2. The molecule has 4 heterocycles. The molecule has 0 bridgehead atoms. The average molecular weight is 417 g/mol. The average Bonchev–Trinajstić information content (AvgIpc) is 3.36. The number of hydrogen-bond donors (Lipinski definition) is 1. The monoisotopic (exact) mass is 417 g/mol. The SMILES string of the molecule is Cc1noc([C@@H]2CC[C@@H]3[C@@H](CCN3Cc3cnn(C)c3)O2)n1.O=C(O)C(F)(F)F. The minimum Gasteiger partial charge on any atom is -0.475 e. The summed E-state index contributed by atoms with van der Waals surface area (Å²) in [5.41, 5.74) is 1.26. The highest BCUT2D eigenvalue weighted by molar-refractivity contribution is 5.73. The van der Waals surface area contributed by atoms with Crippen LogP contribution in [0.2, 0.25) is 0 Å². The van der Waals surface area contributed by atoms with E-state index in [-0.39, 0.29) is 12.2 Å². The number of halogens is 3. The lowest BCUT2D eigenvalue weighted by Crippen LogP contribution is -2.40. The van der Waals surface area contributed by atoms with Gasteiger partial charge in [0.25, 0.3) is 5.89 Å². The van der Waals surface area contributed by atoms with Gasteiger partial charge in [-0.25, -0.2) is 4.79 Å². The number of aryl methyl sites for hydroxylation is 2. The lowest BCUT2D eigenvalue weighted by Gasteiger charge is -2.34. The first-order valence-electron chi connectivity index (χ1n) is 9.11. The van der Waals surface area contributed by atoms with E-state index < -0.39 is 12.1 Å². The minimum atomic E-state index is -5.08. The van der Waals surface area contributed by atoms with Crippen LogP contribution < -0.4 is 0 Å². The summed E-state index contributed by atoms with van der Waals surface area (Å²) in [5.74, 6) is -1.46. The van der Waals surface area contributed by atoms with Crippen LogP contribution in [-0.4, -0.2) is 60.8 Å². The summed E-state index contributed by atoms with van der Waals surface area (Å²) in [6.45, 7) is 3.85. The zero-order valence-electron chi connectivity index (χ0n) is 16.0. The molecular formula is C17H22F3N5O4. The lowest BCUT2D eigenvalue weighted by molar-refractivity contribution is -0.192. The Bertz CT molecular complexity index is 837. The fraction of sp³-hybridized carbons (Fsp3) is 0.647. The van der Waals surface area contributed by atoms with Crippen molar-refractivity contribution in [2.24, 2.45) is 7.05 Å². The van der Waals surface area contributed by atoms with E-state index >= 15 is 0 Å². The number of aliphatic carboxylic acids is 1. The van der Waals surface area contributed by atoms with E-state index in [0.717, 1.165) is 32.4 Å². The van der Waals surface area contributed by atoms with Gasteiger partial charge in [0.1, 0.15) is 6.10 Å². The van der Waals surface area contributed by atoms with E-state index in [4.69, 9.17) is 19.2 Å². The van der Waals surface area contributed by atoms with Gasteiger partial charge in [0.2, 0.25) is 0 Å². The molecular weight excluding hydrogens is 395 g/mol. The van der Waals surface area contributed by atoms with Crippen molar-refractivity contribution < 1.29 is 32.3 Å². The number of alkyl halides is 3. The fourth-order valence-electron chi connectivity index (χ4n) is 3.62. The Kier molecular flexibility index (Phi) is 6.22. The van der Waals surface area contributed by atoms with Crippen LogP contribution in [-0.2, 0) is 23.1 Å². The summed E-state index contributed by atoms with van der Waals surface area (Å²) in [6.07, 6.45) is 2.28. The smallest absolute Gasteiger partial charge is 0.475 e. The molecule has 9 nitrogen and oxygen atoms in total. The van der Waals surface area contributed by atoms with Gasteiger partial charge in [0, 0.05) is 37.9 Å². The number of ether oxygens (including phenoxy) is 1. The van der Waals surface area contributed by atoms with Crippen molar-refractivity contribution in [3.63, 3.8) is 0 Å². The maximum Gasteiger partial charge on any atom is 0.490 e. The molecule has 2 aromatic heterocycles. The molecule has 1 N–H and O–H groups in total. The minimum absolute atomic E-state index is 0.0409. The van der Waals surface area contributed by atoms with Crippen LogP contribution in [0, 0.1) is 6.92 Å².